The molecule has 0 N–H and O–H groups in total. The van der Waals surface area contributed by atoms with Crippen LogP contribution in [-0.4, -0.2) is 15.5 Å². The van der Waals surface area contributed by atoms with E-state index in [1.165, 1.54) is 6.92 Å². The molecule has 3 rings (SSSR count). The van der Waals surface area contributed by atoms with Crippen molar-refractivity contribution in [2.45, 2.75) is 27.0 Å². The molecule has 1 aromatic heterocycles. The summed E-state index contributed by atoms with van der Waals surface area (Å²) in [6.45, 7) is 4.20. The molecule has 6 heteroatoms. The number of benzene rings is 2. The van der Waals surface area contributed by atoms with Crippen molar-refractivity contribution in [2.24, 2.45) is 0 Å². The molecule has 2 aromatic carbocycles. The fourth-order valence-electron chi connectivity index (χ4n) is 2.87. The highest BCUT2D eigenvalue weighted by Crippen LogP contribution is 2.28. The maximum atomic E-state index is 11.0. The maximum Gasteiger partial charge on any atom is 0.303 e. The third-order valence-corrected chi connectivity index (χ3v) is 4.21. The van der Waals surface area contributed by atoms with Crippen LogP contribution in [0.4, 0.5) is 0 Å². The van der Waals surface area contributed by atoms with Gasteiger partial charge in [-0.3, -0.25) is 4.79 Å². The van der Waals surface area contributed by atoms with E-state index in [1.54, 1.807) is 12.5 Å². The minimum atomic E-state index is -0.321. The molecule has 0 aliphatic rings. The summed E-state index contributed by atoms with van der Waals surface area (Å²) in [7, 11) is 0. The number of rotatable bonds is 5. The summed E-state index contributed by atoms with van der Waals surface area (Å²) in [5.41, 5.74) is 5.61. The summed E-state index contributed by atoms with van der Waals surface area (Å²) in [5, 5.41) is 9.47. The summed E-state index contributed by atoms with van der Waals surface area (Å²) in [4.78, 5) is 15.2. The third-order valence-electron chi connectivity index (χ3n) is 4.21. The topological polar surface area (TPSA) is 67.9 Å². The summed E-state index contributed by atoms with van der Waals surface area (Å²) in [5.74, 6) is -0.321. The van der Waals surface area contributed by atoms with Crippen molar-refractivity contribution < 1.29 is 9.53 Å². The minimum Gasteiger partial charge on any atom is -0.459 e. The van der Waals surface area contributed by atoms with Crippen LogP contribution >= 0.6 is 17.0 Å². The van der Waals surface area contributed by atoms with Gasteiger partial charge in [0.25, 0.3) is 0 Å². The Balaban J connectivity index is 0.00000261. The van der Waals surface area contributed by atoms with E-state index in [1.807, 2.05) is 54.0 Å². The van der Waals surface area contributed by atoms with Crippen molar-refractivity contribution in [2.75, 3.05) is 0 Å². The minimum absolute atomic E-state index is 0. The number of imidazole rings is 1. The number of nitrogens with zero attached hydrogens (tertiary/aromatic N) is 3. The number of ether oxygens (including phenoxy) is 1. The van der Waals surface area contributed by atoms with Crippen LogP contribution in [0, 0.1) is 18.3 Å². The van der Waals surface area contributed by atoms with Gasteiger partial charge < -0.3 is 9.30 Å². The Morgan fingerprint density at radius 2 is 2.00 bits per heavy atom. The zero-order valence-corrected chi connectivity index (χ0v) is 16.9. The molecule has 27 heavy (non-hydrogen) atoms. The van der Waals surface area contributed by atoms with Crippen LogP contribution in [0.1, 0.15) is 29.3 Å². The standard InChI is InChI=1S/C21H19N3O2.BrH/c1-15-5-3-4-6-20(15)21-9-17(7-8-18(21)10-22)12-24-14-23-11-19(24)13-26-16(2)25;/h3-9,11,14H,12-13H2,1-2H3;1H. The zero-order valence-electron chi connectivity index (χ0n) is 15.2. The van der Waals surface area contributed by atoms with E-state index in [2.05, 4.69) is 11.1 Å². The highest BCUT2D eigenvalue weighted by Gasteiger charge is 2.10. The Labute approximate surface area is 169 Å². The van der Waals surface area contributed by atoms with Crippen LogP contribution in [0.15, 0.2) is 55.0 Å². The average molecular weight is 426 g/mol. The van der Waals surface area contributed by atoms with Gasteiger partial charge >= 0.3 is 5.97 Å². The van der Waals surface area contributed by atoms with E-state index in [-0.39, 0.29) is 29.6 Å². The third kappa shape index (κ3) is 4.83. The molecule has 0 atom stereocenters. The van der Waals surface area contributed by atoms with E-state index in [4.69, 9.17) is 4.74 Å². The van der Waals surface area contributed by atoms with Crippen LogP contribution in [0.5, 0.6) is 0 Å². The van der Waals surface area contributed by atoms with Crippen molar-refractivity contribution in [3.8, 4) is 17.2 Å². The molecule has 0 aliphatic heterocycles. The quantitative estimate of drug-likeness (QED) is 0.567. The lowest BCUT2D eigenvalue weighted by molar-refractivity contribution is -0.142. The number of aryl methyl sites for hydroxylation is 1. The number of aromatic nitrogens is 2. The van der Waals surface area contributed by atoms with Crippen LogP contribution in [-0.2, 0) is 22.7 Å². The molecule has 0 bridgehead atoms. The molecule has 0 aliphatic carbocycles. The number of carbonyl (C=O) groups is 1. The lowest BCUT2D eigenvalue weighted by Crippen LogP contribution is -2.07. The van der Waals surface area contributed by atoms with Crippen LogP contribution in [0.25, 0.3) is 11.1 Å². The number of hydrogen-bond acceptors (Lipinski definition) is 4. The molecule has 0 saturated carbocycles. The van der Waals surface area contributed by atoms with Gasteiger partial charge in [0.2, 0.25) is 0 Å². The molecule has 138 valence electrons. The lowest BCUT2D eigenvalue weighted by atomic mass is 9.94. The molecule has 3 aromatic rings. The average Bonchev–Trinajstić information content (AvgIpc) is 3.07. The van der Waals surface area contributed by atoms with Gasteiger partial charge in [-0.15, -0.1) is 17.0 Å². The second-order valence-electron chi connectivity index (χ2n) is 6.10. The first-order valence-corrected chi connectivity index (χ1v) is 8.30. The number of hydrogen-bond donors (Lipinski definition) is 0. The van der Waals surface area contributed by atoms with E-state index < -0.39 is 0 Å². The fraction of sp³-hybridized carbons (Fsp3) is 0.190. The Hall–Kier alpha value is -2.91. The molecular weight excluding hydrogens is 406 g/mol. The Morgan fingerprint density at radius 1 is 1.22 bits per heavy atom. The second-order valence-corrected chi connectivity index (χ2v) is 6.10. The van der Waals surface area contributed by atoms with Gasteiger partial charge in [0, 0.05) is 19.0 Å². The van der Waals surface area contributed by atoms with Gasteiger partial charge in [-0.05, 0) is 35.7 Å². The molecule has 5 nitrogen and oxygen atoms in total. The SMILES string of the molecule is Br.CC(=O)OCc1cncn1Cc1ccc(C#N)c(-c2ccccc2C)c1. The van der Waals surface area contributed by atoms with Crippen LogP contribution in [0.3, 0.4) is 0 Å². The molecule has 0 amide bonds. The van der Waals surface area contributed by atoms with Gasteiger partial charge in [-0.2, -0.15) is 5.26 Å². The Kier molecular flexibility index (Phi) is 6.91. The van der Waals surface area contributed by atoms with Gasteiger partial charge in [0.15, 0.2) is 0 Å². The largest absolute Gasteiger partial charge is 0.459 e. The number of esters is 1. The first-order valence-electron chi connectivity index (χ1n) is 8.30. The molecule has 0 unspecified atom stereocenters. The van der Waals surface area contributed by atoms with E-state index in [0.29, 0.717) is 12.1 Å². The summed E-state index contributed by atoms with van der Waals surface area (Å²) in [6, 6.07) is 16.1. The van der Waals surface area contributed by atoms with Gasteiger partial charge in [0.1, 0.15) is 6.61 Å². The van der Waals surface area contributed by atoms with E-state index in [0.717, 1.165) is 27.9 Å². The Bertz CT molecular complexity index is 989. The smallest absolute Gasteiger partial charge is 0.303 e. The van der Waals surface area contributed by atoms with Gasteiger partial charge in [-0.1, -0.05) is 30.3 Å². The van der Waals surface area contributed by atoms with Gasteiger partial charge in [0.05, 0.1) is 29.9 Å². The van der Waals surface area contributed by atoms with Crippen LogP contribution < -0.4 is 0 Å². The highest BCUT2D eigenvalue weighted by atomic mass is 79.9. The molecular formula is C21H20BrN3O2. The highest BCUT2D eigenvalue weighted by molar-refractivity contribution is 8.93. The van der Waals surface area contributed by atoms with Crippen LogP contribution in [0.2, 0.25) is 0 Å². The number of carbonyl (C=O) groups excluding carboxylic acids is 1. The normalized spacial score (nSPS) is 9.96. The Morgan fingerprint density at radius 3 is 2.70 bits per heavy atom. The molecule has 0 radical (unpaired) electrons. The molecule has 1 heterocycles. The van der Waals surface area contributed by atoms with Crippen molar-refractivity contribution in [3.63, 3.8) is 0 Å². The molecule has 0 spiro atoms. The zero-order chi connectivity index (χ0) is 18.5. The lowest BCUT2D eigenvalue weighted by Gasteiger charge is -2.12. The second kappa shape index (κ2) is 9.15. The number of halogens is 1. The maximum absolute atomic E-state index is 11.0. The summed E-state index contributed by atoms with van der Waals surface area (Å²) in [6.07, 6.45) is 3.40. The van der Waals surface area contributed by atoms with E-state index in [9.17, 15) is 10.1 Å². The van der Waals surface area contributed by atoms with Crippen molar-refractivity contribution in [3.05, 3.63) is 77.4 Å². The fourth-order valence-corrected chi connectivity index (χ4v) is 2.87. The predicted molar refractivity (Wildman–Crippen MR) is 108 cm³/mol. The van der Waals surface area contributed by atoms with Crippen molar-refractivity contribution >= 4 is 23.0 Å². The predicted octanol–water partition coefficient (Wildman–Crippen LogP) is 4.42. The van der Waals surface area contributed by atoms with Crippen molar-refractivity contribution in [1.82, 2.24) is 9.55 Å². The molecule has 0 fully saturated rings. The first kappa shape index (κ1) is 20.4. The molecule has 0 saturated heterocycles. The number of nitriles is 1. The monoisotopic (exact) mass is 425 g/mol. The van der Waals surface area contributed by atoms with E-state index >= 15 is 0 Å². The summed E-state index contributed by atoms with van der Waals surface area (Å²) < 4.78 is 7.00. The first-order chi connectivity index (χ1) is 12.6. The van der Waals surface area contributed by atoms with Crippen molar-refractivity contribution in [1.29, 1.82) is 5.26 Å². The summed E-state index contributed by atoms with van der Waals surface area (Å²) >= 11 is 0. The van der Waals surface area contributed by atoms with Gasteiger partial charge in [-0.25, -0.2) is 4.98 Å².